The van der Waals surface area contributed by atoms with Gasteiger partial charge in [-0.05, 0) is 48.9 Å². The average Bonchev–Trinajstić information content (AvgIpc) is 3.20. The van der Waals surface area contributed by atoms with Crippen LogP contribution in [0, 0.1) is 5.82 Å². The van der Waals surface area contributed by atoms with Crippen LogP contribution in [-0.4, -0.2) is 39.3 Å². The van der Waals surface area contributed by atoms with Gasteiger partial charge in [0.15, 0.2) is 11.5 Å². The molecule has 2 aromatic heterocycles. The Labute approximate surface area is 202 Å². The van der Waals surface area contributed by atoms with Crippen LogP contribution in [0.3, 0.4) is 0 Å². The third kappa shape index (κ3) is 5.24. The molecule has 0 aliphatic heterocycles. The molecule has 1 amide bonds. The van der Waals surface area contributed by atoms with Gasteiger partial charge >= 0.3 is 18.1 Å². The molecule has 4 aromatic rings. The summed E-state index contributed by atoms with van der Waals surface area (Å²) < 4.78 is 58.7. The van der Waals surface area contributed by atoms with Gasteiger partial charge in [0.25, 0.3) is 0 Å². The Balaban J connectivity index is 1.92. The molecular weight excluding hydrogens is 480 g/mol. The average molecular weight is 498 g/mol. The first-order valence-electron chi connectivity index (χ1n) is 10.7. The van der Waals surface area contributed by atoms with Crippen molar-refractivity contribution >= 4 is 28.9 Å². The number of benzene rings is 2. The molecule has 0 spiro atoms. The lowest BCUT2D eigenvalue weighted by atomic mass is 10.0. The number of fused-ring (bicyclic) bond motifs is 1. The Morgan fingerprint density at radius 1 is 1.03 bits per heavy atom. The predicted molar refractivity (Wildman–Crippen MR) is 123 cm³/mol. The van der Waals surface area contributed by atoms with Gasteiger partial charge in [-0.3, -0.25) is 4.79 Å². The van der Waals surface area contributed by atoms with E-state index in [4.69, 9.17) is 4.74 Å². The van der Waals surface area contributed by atoms with Gasteiger partial charge in [-0.2, -0.15) is 18.3 Å². The third-order valence-corrected chi connectivity index (χ3v) is 4.99. The molecule has 2 heterocycles. The second-order valence-corrected chi connectivity index (χ2v) is 7.43. The molecule has 0 saturated carbocycles. The maximum atomic E-state index is 13.5. The van der Waals surface area contributed by atoms with E-state index in [1.54, 1.807) is 42.6 Å². The summed E-state index contributed by atoms with van der Waals surface area (Å²) in [6.45, 7) is 1.82. The van der Waals surface area contributed by atoms with Crippen LogP contribution in [0.25, 0.3) is 22.5 Å². The van der Waals surface area contributed by atoms with Gasteiger partial charge in [0.2, 0.25) is 0 Å². The highest BCUT2D eigenvalue weighted by molar-refractivity contribution is 5.98. The summed E-state index contributed by atoms with van der Waals surface area (Å²) in [5, 5.41) is 6.27. The number of nitrogens with zero attached hydrogens (tertiary/aromatic N) is 3. The fourth-order valence-corrected chi connectivity index (χ4v) is 3.43. The Morgan fingerprint density at radius 3 is 2.36 bits per heavy atom. The highest BCUT2D eigenvalue weighted by Crippen LogP contribution is 2.31. The third-order valence-electron chi connectivity index (χ3n) is 4.99. The first-order chi connectivity index (χ1) is 17.2. The number of nitrogens with one attached hydrogen (secondary N) is 1. The largest absolute Gasteiger partial charge is 0.471 e. The van der Waals surface area contributed by atoms with Gasteiger partial charge < -0.3 is 10.1 Å². The maximum Gasteiger partial charge on any atom is 0.471 e. The Kier molecular flexibility index (Phi) is 6.82. The number of carbonyl (C=O) groups is 2. The van der Waals surface area contributed by atoms with Crippen LogP contribution in [0.5, 0.6) is 0 Å². The molecule has 0 radical (unpaired) electrons. The molecule has 7 nitrogen and oxygen atoms in total. The molecule has 36 heavy (non-hydrogen) atoms. The predicted octanol–water partition coefficient (Wildman–Crippen LogP) is 5.03. The molecule has 0 bridgehead atoms. The molecule has 0 aliphatic rings. The summed E-state index contributed by atoms with van der Waals surface area (Å²) in [6, 6.07) is 16.7. The summed E-state index contributed by atoms with van der Waals surface area (Å²) >= 11 is 0. The number of aromatic nitrogens is 3. The van der Waals surface area contributed by atoms with Gasteiger partial charge in [-0.15, -0.1) is 0 Å². The highest BCUT2D eigenvalue weighted by Gasteiger charge is 2.39. The van der Waals surface area contributed by atoms with Crippen LogP contribution in [0.2, 0.25) is 0 Å². The van der Waals surface area contributed by atoms with Crippen molar-refractivity contribution in [2.24, 2.45) is 0 Å². The number of hydrogen-bond acceptors (Lipinski definition) is 5. The lowest BCUT2D eigenvalue weighted by Gasteiger charge is -2.10. The molecule has 4 rings (SSSR count). The quantitative estimate of drug-likeness (QED) is 0.229. The molecule has 0 saturated heterocycles. The van der Waals surface area contributed by atoms with Crippen molar-refractivity contribution in [1.82, 2.24) is 14.6 Å². The maximum absolute atomic E-state index is 13.5. The minimum atomic E-state index is -5.16. The normalized spacial score (nSPS) is 12.0. The van der Waals surface area contributed by atoms with Crippen molar-refractivity contribution in [1.29, 1.82) is 0 Å². The standard InChI is InChI=1S/C25H18F4N4O3/c1-2-36-21(34)14-18(15-6-4-3-5-7-15)19-12-13-20-30-23(31-24(35)25(27,28)29)22(33(20)32-19)16-8-10-17(26)11-9-16/h3-14H,2H2,1H3,(H,31,35)/b18-14+. The van der Waals surface area contributed by atoms with Crippen molar-refractivity contribution in [2.45, 2.75) is 13.1 Å². The fourth-order valence-electron chi connectivity index (χ4n) is 3.43. The minimum absolute atomic E-state index is 0.00648. The van der Waals surface area contributed by atoms with E-state index in [2.05, 4.69) is 10.1 Å². The van der Waals surface area contributed by atoms with Gasteiger partial charge in [0.05, 0.1) is 12.3 Å². The minimum Gasteiger partial charge on any atom is -0.463 e. The smallest absolute Gasteiger partial charge is 0.463 e. The van der Waals surface area contributed by atoms with Crippen molar-refractivity contribution in [3.8, 4) is 11.3 Å². The fraction of sp³-hybridized carbons (Fsp3) is 0.120. The number of ether oxygens (including phenoxy) is 1. The van der Waals surface area contributed by atoms with E-state index in [0.717, 1.165) is 12.1 Å². The van der Waals surface area contributed by atoms with Crippen LogP contribution in [0.1, 0.15) is 18.2 Å². The van der Waals surface area contributed by atoms with Crippen LogP contribution >= 0.6 is 0 Å². The van der Waals surface area contributed by atoms with Crippen LogP contribution in [0.4, 0.5) is 23.4 Å². The number of esters is 1. The first-order valence-corrected chi connectivity index (χ1v) is 10.7. The van der Waals surface area contributed by atoms with Crippen LogP contribution < -0.4 is 5.32 Å². The molecule has 0 atom stereocenters. The van der Waals surface area contributed by atoms with E-state index >= 15 is 0 Å². The SMILES string of the molecule is CCOC(=O)/C=C(\c1ccccc1)c1ccc2nc(NC(=O)C(F)(F)F)c(-c3ccc(F)cc3)n2n1. The monoisotopic (exact) mass is 498 g/mol. The summed E-state index contributed by atoms with van der Waals surface area (Å²) in [5.74, 6) is -3.81. The van der Waals surface area contributed by atoms with E-state index in [-0.39, 0.29) is 29.2 Å². The zero-order chi connectivity index (χ0) is 25.9. The number of rotatable bonds is 6. The van der Waals surface area contributed by atoms with E-state index in [1.165, 1.54) is 34.9 Å². The summed E-state index contributed by atoms with van der Waals surface area (Å²) in [5.41, 5.74) is 1.65. The van der Waals surface area contributed by atoms with Crippen molar-refractivity contribution < 1.29 is 31.9 Å². The second kappa shape index (κ2) is 9.98. The number of halogens is 4. The van der Waals surface area contributed by atoms with Crippen LogP contribution in [-0.2, 0) is 14.3 Å². The van der Waals surface area contributed by atoms with E-state index in [1.807, 2.05) is 0 Å². The number of anilines is 1. The number of hydrogen-bond donors (Lipinski definition) is 1. The number of imidazole rings is 1. The molecule has 0 fully saturated rings. The molecule has 0 aliphatic carbocycles. The molecule has 0 unspecified atom stereocenters. The lowest BCUT2D eigenvalue weighted by molar-refractivity contribution is -0.167. The number of alkyl halides is 3. The highest BCUT2D eigenvalue weighted by atomic mass is 19.4. The van der Waals surface area contributed by atoms with E-state index < -0.39 is 29.7 Å². The number of carbonyl (C=O) groups excluding carboxylic acids is 2. The van der Waals surface area contributed by atoms with Crippen molar-refractivity contribution in [3.63, 3.8) is 0 Å². The van der Waals surface area contributed by atoms with Gasteiger partial charge in [-0.25, -0.2) is 18.7 Å². The Hall–Kier alpha value is -4.54. The zero-order valence-corrected chi connectivity index (χ0v) is 18.7. The van der Waals surface area contributed by atoms with Gasteiger partial charge in [0, 0.05) is 17.2 Å². The van der Waals surface area contributed by atoms with E-state index in [9.17, 15) is 27.2 Å². The Morgan fingerprint density at radius 2 is 1.72 bits per heavy atom. The van der Waals surface area contributed by atoms with Crippen molar-refractivity contribution in [3.05, 3.63) is 89.9 Å². The second-order valence-electron chi connectivity index (χ2n) is 7.43. The summed E-state index contributed by atoms with van der Waals surface area (Å²) in [7, 11) is 0. The summed E-state index contributed by atoms with van der Waals surface area (Å²) in [4.78, 5) is 28.0. The first kappa shape index (κ1) is 24.6. The van der Waals surface area contributed by atoms with Crippen molar-refractivity contribution in [2.75, 3.05) is 11.9 Å². The Bertz CT molecular complexity index is 1450. The molecule has 184 valence electrons. The van der Waals surface area contributed by atoms with Crippen LogP contribution in [0.15, 0.2) is 72.8 Å². The lowest BCUT2D eigenvalue weighted by Crippen LogP contribution is -2.30. The molecule has 11 heteroatoms. The van der Waals surface area contributed by atoms with E-state index in [0.29, 0.717) is 11.1 Å². The topological polar surface area (TPSA) is 85.6 Å². The van der Waals surface area contributed by atoms with Gasteiger partial charge in [-0.1, -0.05) is 30.3 Å². The van der Waals surface area contributed by atoms with Gasteiger partial charge in [0.1, 0.15) is 11.5 Å². The number of amides is 1. The molecule has 2 aromatic carbocycles. The zero-order valence-electron chi connectivity index (χ0n) is 18.7. The summed E-state index contributed by atoms with van der Waals surface area (Å²) in [6.07, 6.45) is -3.90. The molecular formula is C25H18F4N4O3. The molecule has 1 N–H and O–H groups in total.